The molecule has 1 rings (SSSR count). The van der Waals surface area contributed by atoms with Gasteiger partial charge in [0.2, 0.25) is 0 Å². The molecule has 0 aliphatic heterocycles. The Balaban J connectivity index is 2.76. The molecule has 1 aromatic rings. The number of nitrogens with zero attached hydrogens (tertiary/aromatic N) is 1. The third-order valence-corrected chi connectivity index (χ3v) is 3.35. The Bertz CT molecular complexity index is 383. The molecule has 0 aromatic heterocycles. The summed E-state index contributed by atoms with van der Waals surface area (Å²) in [5.41, 5.74) is 7.48. The second kappa shape index (κ2) is 5.25. The van der Waals surface area contributed by atoms with E-state index in [2.05, 4.69) is 25.9 Å². The van der Waals surface area contributed by atoms with Crippen LogP contribution in [0.25, 0.3) is 0 Å². The molecule has 3 nitrogen and oxygen atoms in total. The Morgan fingerprint density at radius 2 is 2.12 bits per heavy atom. The second-order valence-electron chi connectivity index (χ2n) is 4.59. The van der Waals surface area contributed by atoms with Gasteiger partial charge in [0.15, 0.2) is 5.84 Å². The van der Waals surface area contributed by atoms with Gasteiger partial charge in [-0.2, -0.15) is 11.8 Å². The van der Waals surface area contributed by atoms with Crippen LogP contribution in [-0.4, -0.2) is 15.8 Å². The van der Waals surface area contributed by atoms with Gasteiger partial charge in [0.1, 0.15) is 0 Å². The summed E-state index contributed by atoms with van der Waals surface area (Å²) < 4.78 is 0.243. The predicted molar refractivity (Wildman–Crippen MR) is 70.0 cm³/mol. The summed E-state index contributed by atoms with van der Waals surface area (Å²) in [4.78, 5) is 0. The predicted octanol–water partition coefficient (Wildman–Crippen LogP) is 2.81. The van der Waals surface area contributed by atoms with Crippen LogP contribution in [0, 0.1) is 0 Å². The van der Waals surface area contributed by atoms with Crippen LogP contribution in [-0.2, 0) is 5.75 Å². The Kier molecular flexibility index (Phi) is 4.24. The Morgan fingerprint density at radius 1 is 1.44 bits per heavy atom. The first-order valence-corrected chi connectivity index (χ1v) is 6.12. The van der Waals surface area contributed by atoms with Gasteiger partial charge in [-0.25, -0.2) is 0 Å². The molecule has 3 N–H and O–H groups in total. The third kappa shape index (κ3) is 4.14. The lowest BCUT2D eigenvalue weighted by molar-refractivity contribution is 0.318. The van der Waals surface area contributed by atoms with E-state index in [-0.39, 0.29) is 10.6 Å². The van der Waals surface area contributed by atoms with E-state index in [9.17, 15) is 0 Å². The van der Waals surface area contributed by atoms with Crippen LogP contribution in [0.3, 0.4) is 0 Å². The highest BCUT2D eigenvalue weighted by Crippen LogP contribution is 2.27. The minimum absolute atomic E-state index is 0.155. The average molecular weight is 238 g/mol. The average Bonchev–Trinajstić information content (AvgIpc) is 2.25. The number of benzene rings is 1. The Morgan fingerprint density at radius 3 is 2.69 bits per heavy atom. The number of hydrogen-bond donors (Lipinski definition) is 2. The van der Waals surface area contributed by atoms with Gasteiger partial charge in [-0.05, 0) is 11.6 Å². The fourth-order valence-electron chi connectivity index (χ4n) is 1.18. The van der Waals surface area contributed by atoms with Crippen LogP contribution in [0.15, 0.2) is 29.4 Å². The molecule has 0 amide bonds. The summed E-state index contributed by atoms with van der Waals surface area (Å²) in [5, 5.41) is 11.6. The normalized spacial score (nSPS) is 12.8. The van der Waals surface area contributed by atoms with Crippen LogP contribution < -0.4 is 5.73 Å². The topological polar surface area (TPSA) is 58.6 Å². The molecule has 0 spiro atoms. The van der Waals surface area contributed by atoms with Gasteiger partial charge in [0.05, 0.1) is 0 Å². The SMILES string of the molecule is CC(C)(C)SCc1cccc(/C(N)=N/O)c1. The smallest absolute Gasteiger partial charge is 0.170 e. The van der Waals surface area contributed by atoms with E-state index in [1.54, 1.807) is 0 Å². The highest BCUT2D eigenvalue weighted by molar-refractivity contribution is 7.99. The van der Waals surface area contributed by atoms with Gasteiger partial charge in [0, 0.05) is 16.1 Å². The molecule has 0 fully saturated rings. The monoisotopic (exact) mass is 238 g/mol. The van der Waals surface area contributed by atoms with Crippen LogP contribution in [0.2, 0.25) is 0 Å². The lowest BCUT2D eigenvalue weighted by Crippen LogP contribution is -2.13. The number of oxime groups is 1. The third-order valence-electron chi connectivity index (χ3n) is 2.00. The van der Waals surface area contributed by atoms with E-state index < -0.39 is 0 Å². The Labute approximate surface area is 101 Å². The summed E-state index contributed by atoms with van der Waals surface area (Å²) in [5.74, 6) is 1.08. The van der Waals surface area contributed by atoms with Gasteiger partial charge in [-0.3, -0.25) is 0 Å². The molecule has 0 saturated heterocycles. The van der Waals surface area contributed by atoms with Crippen molar-refractivity contribution in [1.29, 1.82) is 0 Å². The van der Waals surface area contributed by atoms with Crippen molar-refractivity contribution in [1.82, 2.24) is 0 Å². The first kappa shape index (κ1) is 12.9. The number of hydrogen-bond acceptors (Lipinski definition) is 3. The number of rotatable bonds is 3. The molecule has 0 saturated carbocycles. The quantitative estimate of drug-likeness (QED) is 0.368. The van der Waals surface area contributed by atoms with Crippen molar-refractivity contribution in [3.63, 3.8) is 0 Å². The van der Waals surface area contributed by atoms with Crippen LogP contribution in [0.5, 0.6) is 0 Å². The molecule has 0 radical (unpaired) electrons. The van der Waals surface area contributed by atoms with Crippen molar-refractivity contribution < 1.29 is 5.21 Å². The summed E-state index contributed by atoms with van der Waals surface area (Å²) in [6, 6.07) is 7.76. The van der Waals surface area contributed by atoms with Crippen molar-refractivity contribution in [2.75, 3.05) is 0 Å². The fraction of sp³-hybridized carbons (Fsp3) is 0.417. The maximum atomic E-state index is 8.60. The van der Waals surface area contributed by atoms with E-state index in [4.69, 9.17) is 10.9 Å². The summed E-state index contributed by atoms with van der Waals surface area (Å²) >= 11 is 1.87. The van der Waals surface area contributed by atoms with E-state index >= 15 is 0 Å². The lowest BCUT2D eigenvalue weighted by atomic mass is 10.1. The van der Waals surface area contributed by atoms with Crippen LogP contribution >= 0.6 is 11.8 Å². The van der Waals surface area contributed by atoms with Gasteiger partial charge < -0.3 is 10.9 Å². The van der Waals surface area contributed by atoms with Gasteiger partial charge in [-0.1, -0.05) is 44.1 Å². The minimum atomic E-state index is 0.155. The van der Waals surface area contributed by atoms with Gasteiger partial charge in [-0.15, -0.1) is 0 Å². The van der Waals surface area contributed by atoms with E-state index in [0.717, 1.165) is 11.3 Å². The van der Waals surface area contributed by atoms with E-state index in [1.165, 1.54) is 5.56 Å². The molecule has 1 aromatic carbocycles. The second-order valence-corrected chi connectivity index (χ2v) is 6.39. The van der Waals surface area contributed by atoms with Crippen molar-refractivity contribution >= 4 is 17.6 Å². The molecule has 0 aliphatic rings. The van der Waals surface area contributed by atoms with Crippen molar-refractivity contribution in [2.45, 2.75) is 31.3 Å². The molecule has 0 atom stereocenters. The molecule has 0 unspecified atom stereocenters. The maximum Gasteiger partial charge on any atom is 0.170 e. The largest absolute Gasteiger partial charge is 0.409 e. The van der Waals surface area contributed by atoms with Crippen molar-refractivity contribution in [2.24, 2.45) is 10.9 Å². The highest BCUT2D eigenvalue weighted by atomic mass is 32.2. The Hall–Kier alpha value is -1.16. The molecule has 88 valence electrons. The maximum absolute atomic E-state index is 8.60. The first-order chi connectivity index (χ1) is 7.42. The number of amidine groups is 1. The van der Waals surface area contributed by atoms with Crippen LogP contribution in [0.4, 0.5) is 0 Å². The molecule has 16 heavy (non-hydrogen) atoms. The molecular formula is C12H18N2OS. The molecular weight excluding hydrogens is 220 g/mol. The van der Waals surface area contributed by atoms with Crippen molar-refractivity contribution in [3.05, 3.63) is 35.4 Å². The summed E-state index contributed by atoms with van der Waals surface area (Å²) in [6.45, 7) is 6.56. The van der Waals surface area contributed by atoms with Crippen molar-refractivity contribution in [3.8, 4) is 0 Å². The first-order valence-electron chi connectivity index (χ1n) is 5.13. The standard InChI is InChI=1S/C12H18N2OS/c1-12(2,3)16-8-9-5-4-6-10(7-9)11(13)14-15/h4-7,15H,8H2,1-3H3,(H2,13,14). The van der Waals surface area contributed by atoms with Gasteiger partial charge in [0.25, 0.3) is 0 Å². The van der Waals surface area contributed by atoms with Crippen LogP contribution in [0.1, 0.15) is 31.9 Å². The summed E-state index contributed by atoms with van der Waals surface area (Å²) in [7, 11) is 0. The van der Waals surface area contributed by atoms with Gasteiger partial charge >= 0.3 is 0 Å². The molecule has 0 aliphatic carbocycles. The highest BCUT2D eigenvalue weighted by Gasteiger charge is 2.10. The van der Waals surface area contributed by atoms with E-state index in [0.29, 0.717) is 0 Å². The zero-order chi connectivity index (χ0) is 12.2. The zero-order valence-corrected chi connectivity index (χ0v) is 10.7. The molecule has 4 heteroatoms. The fourth-order valence-corrected chi connectivity index (χ4v) is 1.96. The number of nitrogens with two attached hydrogens (primary N) is 1. The zero-order valence-electron chi connectivity index (χ0n) is 9.90. The molecule has 0 bridgehead atoms. The minimum Gasteiger partial charge on any atom is -0.409 e. The molecule has 0 heterocycles. The summed E-state index contributed by atoms with van der Waals surface area (Å²) in [6.07, 6.45) is 0. The van der Waals surface area contributed by atoms with E-state index in [1.807, 2.05) is 36.0 Å². The number of thioether (sulfide) groups is 1. The lowest BCUT2D eigenvalue weighted by Gasteiger charge is -2.17.